The molecule has 0 spiro atoms. The summed E-state index contributed by atoms with van der Waals surface area (Å²) < 4.78 is 2.04. The van der Waals surface area contributed by atoms with Crippen LogP contribution in [0, 0.1) is 0 Å². The summed E-state index contributed by atoms with van der Waals surface area (Å²) in [6, 6.07) is 0. The van der Waals surface area contributed by atoms with Gasteiger partial charge in [0, 0.05) is 39.6 Å². The van der Waals surface area contributed by atoms with Gasteiger partial charge in [-0.1, -0.05) is 0 Å². The fraction of sp³-hybridized carbons (Fsp3) is 0.417. The van der Waals surface area contributed by atoms with Crippen molar-refractivity contribution in [3.8, 4) is 0 Å². The fourth-order valence-corrected chi connectivity index (χ4v) is 1.77. The number of nitrogens with zero attached hydrogens (tertiary/aromatic N) is 5. The maximum atomic E-state index is 6.02. The van der Waals surface area contributed by atoms with E-state index in [9.17, 15) is 0 Å². The second-order valence-electron chi connectivity index (χ2n) is 4.43. The molecular weight excluding hydrogens is 242 g/mol. The lowest BCUT2D eigenvalue weighted by Crippen LogP contribution is -2.16. The highest BCUT2D eigenvalue weighted by molar-refractivity contribution is 5.74. The summed E-state index contributed by atoms with van der Waals surface area (Å²) in [5.74, 6) is 1.41. The number of hydrogen-bond acceptors (Lipinski definition) is 6. The predicted molar refractivity (Wildman–Crippen MR) is 76.1 cm³/mol. The summed E-state index contributed by atoms with van der Waals surface area (Å²) >= 11 is 0. The maximum absolute atomic E-state index is 6.02. The first kappa shape index (κ1) is 13.1. The second kappa shape index (κ2) is 6.03. The number of rotatable bonds is 6. The van der Waals surface area contributed by atoms with Crippen LogP contribution in [0.4, 0.5) is 17.3 Å². The summed E-state index contributed by atoms with van der Waals surface area (Å²) in [5.41, 5.74) is 6.60. The maximum Gasteiger partial charge on any atom is 0.156 e. The van der Waals surface area contributed by atoms with Crippen molar-refractivity contribution < 1.29 is 0 Å². The molecule has 0 radical (unpaired) electrons. The van der Waals surface area contributed by atoms with Crippen LogP contribution in [0.5, 0.6) is 0 Å². The first-order valence-electron chi connectivity index (χ1n) is 6.16. The summed E-state index contributed by atoms with van der Waals surface area (Å²) in [7, 11) is 3.81. The van der Waals surface area contributed by atoms with Crippen molar-refractivity contribution in [2.75, 3.05) is 36.6 Å². The molecule has 0 aliphatic rings. The molecule has 0 saturated carbocycles. The van der Waals surface area contributed by atoms with Crippen LogP contribution >= 0.6 is 0 Å². The third kappa shape index (κ3) is 3.34. The summed E-state index contributed by atoms with van der Waals surface area (Å²) in [6.45, 7) is 1.71. The molecule has 7 heteroatoms. The first-order valence-corrected chi connectivity index (χ1v) is 6.16. The lowest BCUT2D eigenvalue weighted by molar-refractivity contribution is 0.660. The van der Waals surface area contributed by atoms with Crippen LogP contribution in [0.1, 0.15) is 6.42 Å². The molecule has 0 unspecified atom stereocenters. The van der Waals surface area contributed by atoms with Crippen molar-refractivity contribution in [1.82, 2.24) is 19.5 Å². The standard InChI is InChI=1S/C12H19N7/c1-18(2)12-10(13)11(16-8-17-12)15-4-3-6-19-7-5-14-9-19/h5,7-9H,3-4,6,13H2,1-2H3,(H,15,16,17). The quantitative estimate of drug-likeness (QED) is 0.749. The van der Waals surface area contributed by atoms with Crippen molar-refractivity contribution in [3.05, 3.63) is 25.0 Å². The van der Waals surface area contributed by atoms with Crippen molar-refractivity contribution in [3.63, 3.8) is 0 Å². The highest BCUT2D eigenvalue weighted by Gasteiger charge is 2.08. The number of nitrogens with two attached hydrogens (primary N) is 1. The molecule has 0 fully saturated rings. The van der Waals surface area contributed by atoms with Crippen molar-refractivity contribution in [2.45, 2.75) is 13.0 Å². The Morgan fingerprint density at radius 3 is 2.89 bits per heavy atom. The molecule has 0 aliphatic carbocycles. The molecule has 2 rings (SSSR count). The monoisotopic (exact) mass is 261 g/mol. The molecule has 0 aliphatic heterocycles. The Balaban J connectivity index is 1.87. The van der Waals surface area contributed by atoms with E-state index >= 15 is 0 Å². The fourth-order valence-electron chi connectivity index (χ4n) is 1.77. The van der Waals surface area contributed by atoms with E-state index in [0.29, 0.717) is 11.5 Å². The zero-order valence-electron chi connectivity index (χ0n) is 11.2. The van der Waals surface area contributed by atoms with Crippen LogP contribution in [-0.2, 0) is 6.54 Å². The Labute approximate surface area is 112 Å². The van der Waals surface area contributed by atoms with E-state index in [1.807, 2.05) is 36.1 Å². The van der Waals surface area contributed by atoms with Gasteiger partial charge in [0.25, 0.3) is 0 Å². The minimum absolute atomic E-state index is 0.579. The number of imidazole rings is 1. The summed E-state index contributed by atoms with van der Waals surface area (Å²) in [4.78, 5) is 14.2. The van der Waals surface area contributed by atoms with E-state index in [0.717, 1.165) is 25.3 Å². The van der Waals surface area contributed by atoms with Gasteiger partial charge in [-0.2, -0.15) is 0 Å². The molecular formula is C12H19N7. The predicted octanol–water partition coefficient (Wildman–Crippen LogP) is 0.823. The number of nitrogens with one attached hydrogen (secondary N) is 1. The third-order valence-corrected chi connectivity index (χ3v) is 2.73. The zero-order chi connectivity index (χ0) is 13.7. The second-order valence-corrected chi connectivity index (χ2v) is 4.43. The van der Waals surface area contributed by atoms with Crippen molar-refractivity contribution in [2.24, 2.45) is 0 Å². The van der Waals surface area contributed by atoms with Gasteiger partial charge >= 0.3 is 0 Å². The van der Waals surface area contributed by atoms with E-state index in [4.69, 9.17) is 5.73 Å². The Morgan fingerprint density at radius 2 is 2.21 bits per heavy atom. The SMILES string of the molecule is CN(C)c1ncnc(NCCCn2ccnc2)c1N. The van der Waals surface area contributed by atoms with Crippen LogP contribution in [0.3, 0.4) is 0 Å². The van der Waals surface area contributed by atoms with Crippen LogP contribution in [-0.4, -0.2) is 40.2 Å². The highest BCUT2D eigenvalue weighted by atomic mass is 15.2. The average molecular weight is 261 g/mol. The number of nitrogen functional groups attached to an aromatic ring is 1. The summed E-state index contributed by atoms with van der Waals surface area (Å²) in [6.07, 6.45) is 8.02. The molecule has 2 aromatic rings. The molecule has 0 saturated heterocycles. The molecule has 2 aromatic heterocycles. The average Bonchev–Trinajstić information content (AvgIpc) is 2.89. The van der Waals surface area contributed by atoms with E-state index < -0.39 is 0 Å². The van der Waals surface area contributed by atoms with E-state index in [1.165, 1.54) is 6.33 Å². The number of hydrogen-bond donors (Lipinski definition) is 2. The van der Waals surface area contributed by atoms with Gasteiger partial charge in [0.05, 0.1) is 6.33 Å². The van der Waals surface area contributed by atoms with Gasteiger partial charge in [-0.05, 0) is 6.42 Å². The van der Waals surface area contributed by atoms with Crippen molar-refractivity contribution >= 4 is 17.3 Å². The Bertz CT molecular complexity index is 507. The van der Waals surface area contributed by atoms with Gasteiger partial charge in [0.2, 0.25) is 0 Å². The lowest BCUT2D eigenvalue weighted by Gasteiger charge is -2.16. The minimum Gasteiger partial charge on any atom is -0.393 e. The first-order chi connectivity index (χ1) is 9.18. The van der Waals surface area contributed by atoms with Gasteiger partial charge in [-0.3, -0.25) is 0 Å². The summed E-state index contributed by atoms with van der Waals surface area (Å²) in [5, 5.41) is 3.23. The topological polar surface area (TPSA) is 84.9 Å². The number of aromatic nitrogens is 4. The molecule has 0 atom stereocenters. The van der Waals surface area contributed by atoms with Gasteiger partial charge in [0.1, 0.15) is 12.0 Å². The molecule has 19 heavy (non-hydrogen) atoms. The highest BCUT2D eigenvalue weighted by Crippen LogP contribution is 2.23. The van der Waals surface area contributed by atoms with Crippen LogP contribution in [0.25, 0.3) is 0 Å². The lowest BCUT2D eigenvalue weighted by atomic mass is 10.3. The minimum atomic E-state index is 0.579. The van der Waals surface area contributed by atoms with Crippen LogP contribution in [0.2, 0.25) is 0 Å². The normalized spacial score (nSPS) is 10.4. The van der Waals surface area contributed by atoms with Crippen molar-refractivity contribution in [1.29, 1.82) is 0 Å². The van der Waals surface area contributed by atoms with E-state index in [-0.39, 0.29) is 0 Å². The van der Waals surface area contributed by atoms with Crippen LogP contribution < -0.4 is 16.0 Å². The van der Waals surface area contributed by atoms with Gasteiger partial charge in [-0.15, -0.1) is 0 Å². The Hall–Kier alpha value is -2.31. The largest absolute Gasteiger partial charge is 0.393 e. The molecule has 7 nitrogen and oxygen atoms in total. The third-order valence-electron chi connectivity index (χ3n) is 2.73. The van der Waals surface area contributed by atoms with Gasteiger partial charge < -0.3 is 20.5 Å². The zero-order valence-corrected chi connectivity index (χ0v) is 11.2. The number of aryl methyl sites for hydroxylation is 1. The Morgan fingerprint density at radius 1 is 1.37 bits per heavy atom. The molecule has 102 valence electrons. The van der Waals surface area contributed by atoms with E-state index in [2.05, 4.69) is 20.3 Å². The van der Waals surface area contributed by atoms with Gasteiger partial charge in [-0.25, -0.2) is 15.0 Å². The van der Waals surface area contributed by atoms with Crippen LogP contribution in [0.15, 0.2) is 25.0 Å². The Kier molecular flexibility index (Phi) is 4.17. The molecule has 2 heterocycles. The molecule has 0 amide bonds. The van der Waals surface area contributed by atoms with E-state index in [1.54, 1.807) is 6.20 Å². The molecule has 0 bridgehead atoms. The molecule has 3 N–H and O–H groups in total. The number of anilines is 3. The van der Waals surface area contributed by atoms with Gasteiger partial charge in [0.15, 0.2) is 11.6 Å². The smallest absolute Gasteiger partial charge is 0.156 e. The molecule has 0 aromatic carbocycles.